The Labute approximate surface area is 183 Å². The molecular formula is C24H22N4O4. The van der Waals surface area contributed by atoms with Crippen LogP contribution in [0.1, 0.15) is 21.5 Å². The van der Waals surface area contributed by atoms with Crippen molar-refractivity contribution in [1.29, 1.82) is 0 Å². The van der Waals surface area contributed by atoms with Crippen LogP contribution in [0.3, 0.4) is 0 Å². The highest BCUT2D eigenvalue weighted by Crippen LogP contribution is 2.12. The number of nitrogens with two attached hydrogens (primary N) is 1. The van der Waals surface area contributed by atoms with Crippen LogP contribution in [0, 0.1) is 0 Å². The van der Waals surface area contributed by atoms with Crippen molar-refractivity contribution >= 4 is 22.5 Å². The molecule has 4 N–H and O–H groups in total. The zero-order chi connectivity index (χ0) is 22.7. The first kappa shape index (κ1) is 21.1. The Hall–Kier alpha value is -4.17. The first-order valence-electron chi connectivity index (χ1n) is 10.1. The predicted octanol–water partition coefficient (Wildman–Crippen LogP) is 2.16. The summed E-state index contributed by atoms with van der Waals surface area (Å²) < 4.78 is 2.81. The fourth-order valence-electron chi connectivity index (χ4n) is 3.65. The number of aryl methyl sites for hydroxylation is 1. The van der Waals surface area contributed by atoms with Gasteiger partial charge in [0.1, 0.15) is 0 Å². The average molecular weight is 430 g/mol. The third kappa shape index (κ3) is 4.17. The quantitative estimate of drug-likeness (QED) is 0.246. The first-order chi connectivity index (χ1) is 15.5. The molecule has 162 valence electrons. The molecule has 0 fully saturated rings. The molecule has 4 aromatic rings. The fourth-order valence-corrected chi connectivity index (χ4v) is 3.65. The number of hydroxylamine groups is 1. The molecule has 1 aromatic heterocycles. The SMILES string of the molecule is Nc1ccc(CCn2c(=O)c3ccccc3n(Cc3ccc(C(=O)NO)cc3)c2=O)cc1. The molecule has 3 aromatic carbocycles. The lowest BCUT2D eigenvalue weighted by Gasteiger charge is -2.14. The summed E-state index contributed by atoms with van der Waals surface area (Å²) in [7, 11) is 0. The van der Waals surface area contributed by atoms with E-state index in [2.05, 4.69) is 0 Å². The zero-order valence-corrected chi connectivity index (χ0v) is 17.2. The van der Waals surface area contributed by atoms with E-state index in [1.165, 1.54) is 4.57 Å². The second-order valence-electron chi connectivity index (χ2n) is 7.47. The van der Waals surface area contributed by atoms with E-state index in [0.29, 0.717) is 28.6 Å². The average Bonchev–Trinajstić information content (AvgIpc) is 2.82. The minimum Gasteiger partial charge on any atom is -0.399 e. The standard InChI is InChI=1S/C24H22N4O4/c25-19-11-7-16(8-12-19)13-14-27-23(30)20-3-1-2-4-21(20)28(24(27)31)15-17-5-9-18(10-6-17)22(29)26-32/h1-12,32H,13-15,25H2,(H,26,29). The normalized spacial score (nSPS) is 10.9. The van der Waals surface area contributed by atoms with Crippen molar-refractivity contribution in [2.45, 2.75) is 19.5 Å². The number of benzene rings is 3. The number of carbonyl (C=O) groups is 1. The lowest BCUT2D eigenvalue weighted by atomic mass is 10.1. The molecular weight excluding hydrogens is 408 g/mol. The number of aromatic nitrogens is 2. The highest BCUT2D eigenvalue weighted by Gasteiger charge is 2.14. The molecule has 0 spiro atoms. The summed E-state index contributed by atoms with van der Waals surface area (Å²) in [6, 6.07) is 20.9. The van der Waals surface area contributed by atoms with Crippen molar-refractivity contribution in [3.63, 3.8) is 0 Å². The molecule has 0 saturated heterocycles. The molecule has 0 aliphatic heterocycles. The van der Waals surface area contributed by atoms with Crippen molar-refractivity contribution in [1.82, 2.24) is 14.6 Å². The third-order valence-electron chi connectivity index (χ3n) is 5.39. The Bertz CT molecular complexity index is 1390. The molecule has 1 heterocycles. The van der Waals surface area contributed by atoms with E-state index in [1.54, 1.807) is 70.7 Å². The van der Waals surface area contributed by atoms with E-state index in [4.69, 9.17) is 10.9 Å². The number of carbonyl (C=O) groups excluding carboxylic acids is 1. The van der Waals surface area contributed by atoms with Crippen LogP contribution >= 0.6 is 0 Å². The van der Waals surface area contributed by atoms with Crippen molar-refractivity contribution < 1.29 is 10.0 Å². The van der Waals surface area contributed by atoms with Crippen LogP contribution in [0.4, 0.5) is 5.69 Å². The Balaban J connectivity index is 1.73. The van der Waals surface area contributed by atoms with E-state index in [0.717, 1.165) is 11.1 Å². The molecule has 8 heteroatoms. The van der Waals surface area contributed by atoms with Crippen molar-refractivity contribution in [2.75, 3.05) is 5.73 Å². The Morgan fingerprint density at radius 3 is 2.22 bits per heavy atom. The van der Waals surface area contributed by atoms with Crippen molar-refractivity contribution in [3.8, 4) is 0 Å². The largest absolute Gasteiger partial charge is 0.399 e. The summed E-state index contributed by atoms with van der Waals surface area (Å²) in [4.78, 5) is 37.9. The van der Waals surface area contributed by atoms with Crippen LogP contribution in [0.15, 0.2) is 82.4 Å². The van der Waals surface area contributed by atoms with Gasteiger partial charge in [0.05, 0.1) is 17.4 Å². The highest BCUT2D eigenvalue weighted by atomic mass is 16.5. The van der Waals surface area contributed by atoms with Crippen molar-refractivity contribution in [3.05, 3.63) is 110 Å². The van der Waals surface area contributed by atoms with Gasteiger partial charge in [0.15, 0.2) is 0 Å². The van der Waals surface area contributed by atoms with Gasteiger partial charge in [-0.2, -0.15) is 0 Å². The van der Waals surface area contributed by atoms with Gasteiger partial charge < -0.3 is 5.73 Å². The Morgan fingerprint density at radius 2 is 1.53 bits per heavy atom. The zero-order valence-electron chi connectivity index (χ0n) is 17.2. The summed E-state index contributed by atoms with van der Waals surface area (Å²) in [5.41, 5.74) is 9.83. The molecule has 8 nitrogen and oxygen atoms in total. The minimum absolute atomic E-state index is 0.225. The molecule has 0 aliphatic carbocycles. The lowest BCUT2D eigenvalue weighted by molar-refractivity contribution is 0.0706. The number of nitrogens with one attached hydrogen (secondary N) is 1. The second kappa shape index (κ2) is 8.91. The van der Waals surface area contributed by atoms with E-state index >= 15 is 0 Å². The molecule has 0 radical (unpaired) electrons. The van der Waals surface area contributed by atoms with Crippen LogP contribution < -0.4 is 22.5 Å². The number of hydrogen-bond acceptors (Lipinski definition) is 5. The number of hydrogen-bond donors (Lipinski definition) is 3. The number of nitrogen functional groups attached to an aromatic ring is 1. The first-order valence-corrected chi connectivity index (χ1v) is 10.1. The molecule has 0 atom stereocenters. The minimum atomic E-state index is -0.615. The molecule has 0 aliphatic rings. The molecule has 4 rings (SSSR count). The number of fused-ring (bicyclic) bond motifs is 1. The number of rotatable bonds is 6. The van der Waals surface area contributed by atoms with Gasteiger partial charge >= 0.3 is 5.69 Å². The van der Waals surface area contributed by atoms with Crippen LogP contribution in [-0.4, -0.2) is 20.2 Å². The summed E-state index contributed by atoms with van der Waals surface area (Å²) >= 11 is 0. The monoisotopic (exact) mass is 430 g/mol. The van der Waals surface area contributed by atoms with E-state index in [-0.39, 0.29) is 18.6 Å². The van der Waals surface area contributed by atoms with Gasteiger partial charge in [-0.05, 0) is 53.9 Å². The maximum atomic E-state index is 13.3. The fraction of sp³-hybridized carbons (Fsp3) is 0.125. The Kier molecular flexibility index (Phi) is 5.87. The van der Waals surface area contributed by atoms with Crippen LogP contribution in [0.2, 0.25) is 0 Å². The molecule has 0 bridgehead atoms. The predicted molar refractivity (Wildman–Crippen MR) is 122 cm³/mol. The summed E-state index contributed by atoms with van der Waals surface area (Å²) in [6.07, 6.45) is 0.513. The van der Waals surface area contributed by atoms with Crippen LogP contribution in [0.5, 0.6) is 0 Å². The molecule has 0 saturated carbocycles. The summed E-state index contributed by atoms with van der Waals surface area (Å²) in [5, 5.41) is 9.23. The van der Waals surface area contributed by atoms with Gasteiger partial charge in [0.2, 0.25) is 0 Å². The maximum absolute atomic E-state index is 13.3. The molecule has 0 unspecified atom stereocenters. The van der Waals surface area contributed by atoms with Crippen LogP contribution in [0.25, 0.3) is 10.9 Å². The van der Waals surface area contributed by atoms with Gasteiger partial charge in [-0.3, -0.25) is 23.9 Å². The van der Waals surface area contributed by atoms with Gasteiger partial charge in [0, 0.05) is 17.8 Å². The van der Waals surface area contributed by atoms with Gasteiger partial charge in [-0.15, -0.1) is 0 Å². The second-order valence-corrected chi connectivity index (χ2v) is 7.47. The number of nitrogens with zero attached hydrogens (tertiary/aromatic N) is 2. The number of para-hydroxylation sites is 1. The highest BCUT2D eigenvalue weighted by molar-refractivity contribution is 5.93. The van der Waals surface area contributed by atoms with Gasteiger partial charge in [0.25, 0.3) is 11.5 Å². The number of anilines is 1. The lowest BCUT2D eigenvalue weighted by Crippen LogP contribution is -2.40. The van der Waals surface area contributed by atoms with E-state index in [9.17, 15) is 14.4 Å². The molecule has 32 heavy (non-hydrogen) atoms. The smallest absolute Gasteiger partial charge is 0.331 e. The third-order valence-corrected chi connectivity index (χ3v) is 5.39. The van der Waals surface area contributed by atoms with Crippen LogP contribution in [-0.2, 0) is 19.5 Å². The summed E-state index contributed by atoms with van der Waals surface area (Å²) in [5.74, 6) is -0.615. The summed E-state index contributed by atoms with van der Waals surface area (Å²) in [6.45, 7) is 0.463. The van der Waals surface area contributed by atoms with E-state index < -0.39 is 11.6 Å². The topological polar surface area (TPSA) is 119 Å². The van der Waals surface area contributed by atoms with Crippen molar-refractivity contribution in [2.24, 2.45) is 0 Å². The number of amides is 1. The molecule has 1 amide bonds. The maximum Gasteiger partial charge on any atom is 0.331 e. The Morgan fingerprint density at radius 1 is 0.875 bits per heavy atom. The van der Waals surface area contributed by atoms with Gasteiger partial charge in [-0.1, -0.05) is 36.4 Å². The van der Waals surface area contributed by atoms with E-state index in [1.807, 2.05) is 12.1 Å². The van der Waals surface area contributed by atoms with Gasteiger partial charge in [-0.25, -0.2) is 10.3 Å².